The van der Waals surface area contributed by atoms with Gasteiger partial charge in [0.05, 0.1) is 14.2 Å². The first-order valence-corrected chi connectivity index (χ1v) is 7.90. The van der Waals surface area contributed by atoms with Crippen LogP contribution in [0.3, 0.4) is 0 Å². The maximum atomic E-state index is 11.9. The third-order valence-corrected chi connectivity index (χ3v) is 3.70. The van der Waals surface area contributed by atoms with Crippen molar-refractivity contribution < 1.29 is 19.1 Å². The average Bonchev–Trinajstić information content (AvgIpc) is 2.62. The van der Waals surface area contributed by atoms with E-state index in [0.717, 1.165) is 5.56 Å². The number of hydrogen-bond donors (Lipinski definition) is 2. The second-order valence-electron chi connectivity index (χ2n) is 5.45. The van der Waals surface area contributed by atoms with Gasteiger partial charge in [-0.05, 0) is 55.3 Å². The van der Waals surface area contributed by atoms with Crippen LogP contribution in [0.25, 0.3) is 0 Å². The van der Waals surface area contributed by atoms with Crippen molar-refractivity contribution in [2.45, 2.75) is 13.3 Å². The van der Waals surface area contributed by atoms with Gasteiger partial charge in [0.1, 0.15) is 0 Å². The first kappa shape index (κ1) is 18.3. The molecule has 0 radical (unpaired) electrons. The number of hydrogen-bond acceptors (Lipinski definition) is 4. The molecule has 6 nitrogen and oxygen atoms in total. The first-order valence-electron chi connectivity index (χ1n) is 7.90. The Morgan fingerprint density at radius 2 is 1.64 bits per heavy atom. The summed E-state index contributed by atoms with van der Waals surface area (Å²) in [7, 11) is 3.18. The summed E-state index contributed by atoms with van der Waals surface area (Å²) in [5, 5.41) is 5.52. The van der Waals surface area contributed by atoms with Crippen LogP contribution in [0.4, 0.5) is 10.5 Å². The highest BCUT2D eigenvalue weighted by molar-refractivity contribution is 5.95. The van der Waals surface area contributed by atoms with Gasteiger partial charge in [-0.2, -0.15) is 0 Å². The Balaban J connectivity index is 1.83. The van der Waals surface area contributed by atoms with Gasteiger partial charge < -0.3 is 20.1 Å². The lowest BCUT2D eigenvalue weighted by Crippen LogP contribution is -2.30. The number of nitrogens with one attached hydrogen (secondary N) is 2. The molecule has 0 heterocycles. The van der Waals surface area contributed by atoms with E-state index in [2.05, 4.69) is 10.6 Å². The summed E-state index contributed by atoms with van der Waals surface area (Å²) in [6.45, 7) is 1.98. The molecule has 0 aliphatic heterocycles. The molecule has 0 saturated carbocycles. The maximum absolute atomic E-state index is 11.9. The summed E-state index contributed by atoms with van der Waals surface area (Å²) in [4.78, 5) is 23.1. The highest BCUT2D eigenvalue weighted by atomic mass is 16.5. The summed E-state index contributed by atoms with van der Waals surface area (Å²) in [6, 6.07) is 12.1. The fourth-order valence-electron chi connectivity index (χ4n) is 2.32. The number of anilines is 1. The molecule has 2 aromatic rings. The van der Waals surface area contributed by atoms with Crippen molar-refractivity contribution >= 4 is 17.5 Å². The predicted octanol–water partition coefficient (Wildman–Crippen LogP) is 3.27. The minimum Gasteiger partial charge on any atom is -0.493 e. The molecule has 0 aliphatic rings. The van der Waals surface area contributed by atoms with Crippen molar-refractivity contribution in [3.8, 4) is 11.5 Å². The number of benzene rings is 2. The standard InChI is InChI=1S/C19H22N2O4/c1-13(22)15-5-7-16(8-6-15)21-19(23)20-11-10-14-4-9-17(24-2)18(12-14)25-3/h4-9,12H,10-11H2,1-3H3,(H2,20,21,23). The van der Waals surface area contributed by atoms with Crippen molar-refractivity contribution in [1.29, 1.82) is 0 Å². The molecular weight excluding hydrogens is 320 g/mol. The quantitative estimate of drug-likeness (QED) is 0.757. The van der Waals surface area contributed by atoms with Crippen molar-refractivity contribution in [2.75, 3.05) is 26.1 Å². The van der Waals surface area contributed by atoms with Crippen LogP contribution < -0.4 is 20.1 Å². The smallest absolute Gasteiger partial charge is 0.319 e. The number of methoxy groups -OCH3 is 2. The molecule has 132 valence electrons. The third kappa shape index (κ3) is 5.24. The van der Waals surface area contributed by atoms with Crippen LogP contribution in [0, 0.1) is 0 Å². The Bertz CT molecular complexity index is 742. The molecule has 6 heteroatoms. The van der Waals surface area contributed by atoms with Crippen LogP contribution in [0.5, 0.6) is 11.5 Å². The molecule has 0 bridgehead atoms. The Labute approximate surface area is 147 Å². The minimum atomic E-state index is -0.295. The number of urea groups is 1. The monoisotopic (exact) mass is 342 g/mol. The van der Waals surface area contributed by atoms with Gasteiger partial charge in [0.2, 0.25) is 0 Å². The zero-order valence-electron chi connectivity index (χ0n) is 14.6. The highest BCUT2D eigenvalue weighted by Crippen LogP contribution is 2.27. The van der Waals surface area contributed by atoms with Gasteiger partial charge in [-0.25, -0.2) is 4.79 Å². The first-order chi connectivity index (χ1) is 12.0. The number of carbonyl (C=O) groups excluding carboxylic acids is 2. The van der Waals surface area contributed by atoms with Gasteiger partial charge in [0.25, 0.3) is 0 Å². The van der Waals surface area contributed by atoms with Crippen LogP contribution >= 0.6 is 0 Å². The minimum absolute atomic E-state index is 0.00841. The molecule has 0 fully saturated rings. The van der Waals surface area contributed by atoms with Crippen molar-refractivity contribution in [3.05, 3.63) is 53.6 Å². The van der Waals surface area contributed by atoms with Gasteiger partial charge in [0, 0.05) is 17.8 Å². The lowest BCUT2D eigenvalue weighted by molar-refractivity contribution is 0.101. The van der Waals surface area contributed by atoms with Crippen LogP contribution in [0.2, 0.25) is 0 Å². The molecule has 0 saturated heterocycles. The number of rotatable bonds is 7. The number of amides is 2. The Morgan fingerprint density at radius 1 is 0.960 bits per heavy atom. The summed E-state index contributed by atoms with van der Waals surface area (Å²) in [5.41, 5.74) is 2.27. The average molecular weight is 342 g/mol. The van der Waals surface area contributed by atoms with E-state index in [4.69, 9.17) is 9.47 Å². The lowest BCUT2D eigenvalue weighted by Gasteiger charge is -2.11. The van der Waals surface area contributed by atoms with E-state index in [-0.39, 0.29) is 11.8 Å². The molecular formula is C19H22N2O4. The van der Waals surface area contributed by atoms with Crippen LogP contribution in [0.15, 0.2) is 42.5 Å². The molecule has 2 N–H and O–H groups in total. The van der Waals surface area contributed by atoms with E-state index >= 15 is 0 Å². The van der Waals surface area contributed by atoms with Gasteiger partial charge in [0.15, 0.2) is 17.3 Å². The number of carbonyl (C=O) groups is 2. The van der Waals surface area contributed by atoms with E-state index in [1.54, 1.807) is 38.5 Å². The summed E-state index contributed by atoms with van der Waals surface area (Å²) >= 11 is 0. The number of Topliss-reactive ketones (excluding diaryl/α,β-unsaturated/α-hetero) is 1. The fourth-order valence-corrected chi connectivity index (χ4v) is 2.32. The van der Waals surface area contributed by atoms with Gasteiger partial charge in [-0.1, -0.05) is 6.07 Å². The van der Waals surface area contributed by atoms with E-state index < -0.39 is 0 Å². The molecule has 0 spiro atoms. The molecule has 0 atom stereocenters. The largest absolute Gasteiger partial charge is 0.493 e. The second-order valence-corrected chi connectivity index (χ2v) is 5.45. The van der Waals surface area contributed by atoms with E-state index in [0.29, 0.717) is 35.7 Å². The van der Waals surface area contributed by atoms with Crippen molar-refractivity contribution in [2.24, 2.45) is 0 Å². The topological polar surface area (TPSA) is 76.7 Å². The Kier molecular flexibility index (Phi) is 6.39. The maximum Gasteiger partial charge on any atom is 0.319 e. The SMILES string of the molecule is COc1ccc(CCNC(=O)Nc2ccc(C(C)=O)cc2)cc1OC. The van der Waals surface area contributed by atoms with Gasteiger partial charge in [-0.15, -0.1) is 0 Å². The molecule has 0 aromatic heterocycles. The normalized spacial score (nSPS) is 10.0. The summed E-state index contributed by atoms with van der Waals surface area (Å²) in [6.07, 6.45) is 0.664. The van der Waals surface area contributed by atoms with Crippen LogP contribution in [-0.4, -0.2) is 32.6 Å². The lowest BCUT2D eigenvalue weighted by atomic mass is 10.1. The van der Waals surface area contributed by atoms with Gasteiger partial charge in [-0.3, -0.25) is 4.79 Å². The van der Waals surface area contributed by atoms with Gasteiger partial charge >= 0.3 is 6.03 Å². The predicted molar refractivity (Wildman–Crippen MR) is 96.7 cm³/mol. The van der Waals surface area contributed by atoms with Crippen molar-refractivity contribution in [3.63, 3.8) is 0 Å². The molecule has 25 heavy (non-hydrogen) atoms. The zero-order chi connectivity index (χ0) is 18.2. The number of ether oxygens (including phenoxy) is 2. The molecule has 2 rings (SSSR count). The summed E-state index contributed by atoms with van der Waals surface area (Å²) < 4.78 is 10.5. The molecule has 0 aliphatic carbocycles. The second kappa shape index (κ2) is 8.73. The molecule has 0 unspecified atom stereocenters. The van der Waals surface area contributed by atoms with Crippen molar-refractivity contribution in [1.82, 2.24) is 5.32 Å². The third-order valence-electron chi connectivity index (χ3n) is 3.70. The Hall–Kier alpha value is -3.02. The molecule has 2 aromatic carbocycles. The number of ketones is 1. The Morgan fingerprint density at radius 3 is 2.24 bits per heavy atom. The summed E-state index contributed by atoms with van der Waals surface area (Å²) in [5.74, 6) is 1.33. The zero-order valence-corrected chi connectivity index (χ0v) is 14.6. The van der Waals surface area contributed by atoms with E-state index in [9.17, 15) is 9.59 Å². The van der Waals surface area contributed by atoms with E-state index in [1.807, 2.05) is 18.2 Å². The van der Waals surface area contributed by atoms with E-state index in [1.165, 1.54) is 6.92 Å². The fraction of sp³-hybridized carbons (Fsp3) is 0.263. The molecule has 2 amide bonds. The van der Waals surface area contributed by atoms with Crippen LogP contribution in [-0.2, 0) is 6.42 Å². The van der Waals surface area contributed by atoms with Crippen LogP contribution in [0.1, 0.15) is 22.8 Å². The highest BCUT2D eigenvalue weighted by Gasteiger charge is 2.06.